The molecular weight excluding hydrogens is 209 g/mol. The molecule has 15 heavy (non-hydrogen) atoms. The molecule has 0 aliphatic carbocycles. The van der Waals surface area contributed by atoms with Gasteiger partial charge in [0.2, 0.25) is 0 Å². The van der Waals surface area contributed by atoms with E-state index in [1.807, 2.05) is 0 Å². The van der Waals surface area contributed by atoms with Gasteiger partial charge in [0.05, 0.1) is 0 Å². The van der Waals surface area contributed by atoms with Crippen molar-refractivity contribution < 1.29 is 18.3 Å². The SMILES string of the molecule is NCC1CCCN(CC(O)C(F)(F)F)C1. The molecule has 1 saturated heterocycles. The predicted molar refractivity (Wildman–Crippen MR) is 50.3 cm³/mol. The quantitative estimate of drug-likeness (QED) is 0.740. The van der Waals surface area contributed by atoms with E-state index in [1.165, 1.54) is 0 Å². The zero-order valence-electron chi connectivity index (χ0n) is 8.50. The van der Waals surface area contributed by atoms with Crippen molar-refractivity contribution in [3.63, 3.8) is 0 Å². The minimum absolute atomic E-state index is 0.263. The van der Waals surface area contributed by atoms with Gasteiger partial charge in [0.15, 0.2) is 6.10 Å². The number of hydrogen-bond acceptors (Lipinski definition) is 3. The van der Waals surface area contributed by atoms with Gasteiger partial charge in [-0.1, -0.05) is 0 Å². The lowest BCUT2D eigenvalue weighted by atomic mass is 9.98. The number of aliphatic hydroxyl groups is 1. The molecule has 0 spiro atoms. The number of rotatable bonds is 3. The van der Waals surface area contributed by atoms with Crippen LogP contribution in [0.4, 0.5) is 13.2 Å². The molecule has 1 aliphatic heterocycles. The Morgan fingerprint density at radius 2 is 2.13 bits per heavy atom. The van der Waals surface area contributed by atoms with Crippen LogP contribution in [0.5, 0.6) is 0 Å². The predicted octanol–water partition coefficient (Wildman–Crippen LogP) is 0.580. The first-order chi connectivity index (χ1) is 6.93. The highest BCUT2D eigenvalue weighted by Gasteiger charge is 2.39. The summed E-state index contributed by atoms with van der Waals surface area (Å²) in [6, 6.07) is 0. The van der Waals surface area contributed by atoms with E-state index in [4.69, 9.17) is 10.8 Å². The molecule has 2 unspecified atom stereocenters. The molecule has 1 heterocycles. The van der Waals surface area contributed by atoms with Crippen LogP contribution in [0.1, 0.15) is 12.8 Å². The first-order valence-electron chi connectivity index (χ1n) is 5.10. The van der Waals surface area contributed by atoms with Crippen LogP contribution in [0, 0.1) is 5.92 Å². The highest BCUT2D eigenvalue weighted by Crippen LogP contribution is 2.22. The highest BCUT2D eigenvalue weighted by atomic mass is 19.4. The molecule has 3 nitrogen and oxygen atoms in total. The molecule has 0 aromatic rings. The van der Waals surface area contributed by atoms with Crippen LogP contribution in [0.3, 0.4) is 0 Å². The summed E-state index contributed by atoms with van der Waals surface area (Å²) in [5, 5.41) is 8.90. The molecule has 6 heteroatoms. The fourth-order valence-corrected chi connectivity index (χ4v) is 1.86. The van der Waals surface area contributed by atoms with Crippen molar-refractivity contribution in [1.29, 1.82) is 0 Å². The first kappa shape index (κ1) is 12.7. The summed E-state index contributed by atoms with van der Waals surface area (Å²) in [4.78, 5) is 1.64. The van der Waals surface area contributed by atoms with E-state index < -0.39 is 12.3 Å². The molecule has 2 atom stereocenters. The zero-order valence-corrected chi connectivity index (χ0v) is 8.50. The Hall–Kier alpha value is -0.330. The van der Waals surface area contributed by atoms with Gasteiger partial charge in [0.25, 0.3) is 0 Å². The summed E-state index contributed by atoms with van der Waals surface area (Å²) in [6.45, 7) is 1.34. The average molecular weight is 226 g/mol. The summed E-state index contributed by atoms with van der Waals surface area (Å²) >= 11 is 0. The topological polar surface area (TPSA) is 49.5 Å². The summed E-state index contributed by atoms with van der Waals surface area (Å²) in [7, 11) is 0. The van der Waals surface area contributed by atoms with Gasteiger partial charge in [-0.15, -0.1) is 0 Å². The minimum Gasteiger partial charge on any atom is -0.382 e. The van der Waals surface area contributed by atoms with E-state index in [0.717, 1.165) is 12.8 Å². The molecular formula is C9H17F3N2O. The van der Waals surface area contributed by atoms with Crippen molar-refractivity contribution in [3.8, 4) is 0 Å². The van der Waals surface area contributed by atoms with Crippen molar-refractivity contribution >= 4 is 0 Å². The molecule has 0 aromatic heterocycles. The third-order valence-electron chi connectivity index (χ3n) is 2.75. The van der Waals surface area contributed by atoms with Crippen LogP contribution in [-0.2, 0) is 0 Å². The number of likely N-dealkylation sites (tertiary alicyclic amines) is 1. The molecule has 3 N–H and O–H groups in total. The number of β-amino-alcohol motifs (C(OH)–C–C–N with tert-alkyl or cyclic N) is 1. The van der Waals surface area contributed by atoms with Gasteiger partial charge < -0.3 is 15.7 Å². The van der Waals surface area contributed by atoms with Crippen LogP contribution in [0.15, 0.2) is 0 Å². The van der Waals surface area contributed by atoms with Gasteiger partial charge >= 0.3 is 6.18 Å². The van der Waals surface area contributed by atoms with Gasteiger partial charge in [-0.2, -0.15) is 13.2 Å². The van der Waals surface area contributed by atoms with Crippen molar-refractivity contribution in [2.75, 3.05) is 26.2 Å². The van der Waals surface area contributed by atoms with Gasteiger partial charge in [0, 0.05) is 13.1 Å². The normalized spacial score (nSPS) is 26.6. The lowest BCUT2D eigenvalue weighted by molar-refractivity contribution is -0.209. The van der Waals surface area contributed by atoms with Crippen LogP contribution in [0.2, 0.25) is 0 Å². The van der Waals surface area contributed by atoms with Crippen molar-refractivity contribution in [3.05, 3.63) is 0 Å². The van der Waals surface area contributed by atoms with Crippen LogP contribution in [-0.4, -0.2) is 48.5 Å². The third-order valence-corrected chi connectivity index (χ3v) is 2.75. The minimum atomic E-state index is -4.52. The Kier molecular flexibility index (Phi) is 4.36. The molecule has 0 aromatic carbocycles. The van der Waals surface area contributed by atoms with Crippen LogP contribution >= 0.6 is 0 Å². The van der Waals surface area contributed by atoms with Crippen molar-refractivity contribution in [1.82, 2.24) is 4.90 Å². The number of nitrogens with two attached hydrogens (primary N) is 1. The van der Waals surface area contributed by atoms with Crippen molar-refractivity contribution in [2.24, 2.45) is 11.7 Å². The Labute approximate surface area is 87.0 Å². The monoisotopic (exact) mass is 226 g/mol. The smallest absolute Gasteiger partial charge is 0.382 e. The molecule has 90 valence electrons. The molecule has 0 radical (unpaired) electrons. The summed E-state index contributed by atoms with van der Waals surface area (Å²) in [6.07, 6.45) is -4.94. The van der Waals surface area contributed by atoms with E-state index in [9.17, 15) is 13.2 Å². The average Bonchev–Trinajstić information content (AvgIpc) is 2.16. The summed E-state index contributed by atoms with van der Waals surface area (Å²) in [5.74, 6) is 0.263. The van der Waals surface area contributed by atoms with E-state index in [2.05, 4.69) is 0 Å². The number of aliphatic hydroxyl groups excluding tert-OH is 1. The molecule has 0 amide bonds. The van der Waals surface area contributed by atoms with E-state index >= 15 is 0 Å². The Morgan fingerprint density at radius 1 is 1.47 bits per heavy atom. The molecule has 1 aliphatic rings. The number of piperidine rings is 1. The maximum absolute atomic E-state index is 12.1. The van der Waals surface area contributed by atoms with Crippen LogP contribution in [0.25, 0.3) is 0 Å². The molecule has 1 fully saturated rings. The zero-order chi connectivity index (χ0) is 11.5. The fourth-order valence-electron chi connectivity index (χ4n) is 1.86. The highest BCUT2D eigenvalue weighted by molar-refractivity contribution is 4.77. The number of halogens is 3. The standard InChI is InChI=1S/C9H17F3N2O/c10-9(11,12)8(15)6-14-3-1-2-7(4-13)5-14/h7-8,15H,1-6,13H2. The lowest BCUT2D eigenvalue weighted by Crippen LogP contribution is -2.46. The van der Waals surface area contributed by atoms with Crippen molar-refractivity contribution in [2.45, 2.75) is 25.1 Å². The van der Waals surface area contributed by atoms with Gasteiger partial charge in [-0.3, -0.25) is 0 Å². The number of alkyl halides is 3. The van der Waals surface area contributed by atoms with Gasteiger partial charge in [0.1, 0.15) is 0 Å². The van der Waals surface area contributed by atoms with E-state index in [0.29, 0.717) is 19.6 Å². The second-order valence-corrected chi connectivity index (χ2v) is 4.06. The maximum Gasteiger partial charge on any atom is 0.415 e. The largest absolute Gasteiger partial charge is 0.415 e. The molecule has 0 bridgehead atoms. The second kappa shape index (κ2) is 5.14. The number of hydrogen-bond donors (Lipinski definition) is 2. The second-order valence-electron chi connectivity index (χ2n) is 4.06. The molecule has 1 rings (SSSR count). The summed E-state index contributed by atoms with van der Waals surface area (Å²) in [5.41, 5.74) is 5.47. The molecule has 0 saturated carbocycles. The Balaban J connectivity index is 2.38. The van der Waals surface area contributed by atoms with E-state index in [-0.39, 0.29) is 12.5 Å². The number of nitrogens with zero attached hydrogens (tertiary/aromatic N) is 1. The van der Waals surface area contributed by atoms with Crippen LogP contribution < -0.4 is 5.73 Å². The maximum atomic E-state index is 12.1. The first-order valence-corrected chi connectivity index (χ1v) is 5.10. The van der Waals surface area contributed by atoms with E-state index in [1.54, 1.807) is 4.90 Å². The Morgan fingerprint density at radius 3 is 2.67 bits per heavy atom. The Bertz CT molecular complexity index is 198. The van der Waals surface area contributed by atoms with Gasteiger partial charge in [-0.05, 0) is 31.8 Å². The lowest BCUT2D eigenvalue weighted by Gasteiger charge is -2.33. The summed E-state index contributed by atoms with van der Waals surface area (Å²) < 4.78 is 36.2. The van der Waals surface area contributed by atoms with Gasteiger partial charge in [-0.25, -0.2) is 0 Å². The fraction of sp³-hybridized carbons (Fsp3) is 1.00. The third kappa shape index (κ3) is 3.96.